The first kappa shape index (κ1) is 14.3. The number of aliphatic imine (C=N–C) groups is 1. The lowest BCUT2D eigenvalue weighted by molar-refractivity contribution is 0.724. The fourth-order valence-corrected chi connectivity index (χ4v) is 4.17. The van der Waals surface area contributed by atoms with Gasteiger partial charge in [-0.25, -0.2) is 0 Å². The molecule has 1 aliphatic rings. The maximum Gasteiger partial charge on any atom is 0.102 e. The first-order chi connectivity index (χ1) is 11.3. The average molecular weight is 319 g/mol. The Kier molecular flexibility index (Phi) is 3.75. The van der Waals surface area contributed by atoms with Crippen LogP contribution in [0.25, 0.3) is 0 Å². The first-order valence-corrected chi connectivity index (χ1v) is 8.52. The van der Waals surface area contributed by atoms with E-state index in [0.717, 1.165) is 10.6 Å². The summed E-state index contributed by atoms with van der Waals surface area (Å²) in [4.78, 5) is 5.03. The van der Waals surface area contributed by atoms with Crippen molar-refractivity contribution in [2.45, 2.75) is 11.3 Å². The van der Waals surface area contributed by atoms with Gasteiger partial charge in [0.05, 0.1) is 17.5 Å². The van der Waals surface area contributed by atoms with E-state index in [0.29, 0.717) is 5.25 Å². The van der Waals surface area contributed by atoms with Crippen molar-refractivity contribution in [3.63, 3.8) is 0 Å². The third-order valence-corrected chi connectivity index (χ3v) is 5.35. The van der Waals surface area contributed by atoms with Crippen molar-refractivity contribution in [2.24, 2.45) is 12.0 Å². The van der Waals surface area contributed by atoms with Gasteiger partial charge in [0, 0.05) is 18.8 Å². The highest BCUT2D eigenvalue weighted by Crippen LogP contribution is 2.49. The minimum atomic E-state index is 0.138. The molecule has 2 heterocycles. The van der Waals surface area contributed by atoms with Crippen LogP contribution in [0.5, 0.6) is 0 Å². The number of aromatic nitrogens is 2. The summed E-state index contributed by atoms with van der Waals surface area (Å²) in [6.45, 7) is 0. The lowest BCUT2D eigenvalue weighted by Gasteiger charge is -2.17. The summed E-state index contributed by atoms with van der Waals surface area (Å²) in [7, 11) is 1.94. The molecule has 2 aromatic carbocycles. The van der Waals surface area contributed by atoms with Gasteiger partial charge in [-0.05, 0) is 11.1 Å². The Balaban J connectivity index is 1.75. The highest BCUT2D eigenvalue weighted by atomic mass is 32.2. The van der Waals surface area contributed by atoms with Gasteiger partial charge >= 0.3 is 0 Å². The van der Waals surface area contributed by atoms with Crippen LogP contribution in [0.2, 0.25) is 0 Å². The van der Waals surface area contributed by atoms with Crippen molar-refractivity contribution in [2.75, 3.05) is 0 Å². The van der Waals surface area contributed by atoms with E-state index in [1.807, 2.05) is 35.9 Å². The standard InChI is InChI=1S/C19H17N3S/c1-22-13-16(12-20-22)19-21-17(14-8-4-2-5-9-14)18(23-19)15-10-6-3-7-11-15/h2-13,17-18H,1H3. The predicted molar refractivity (Wildman–Crippen MR) is 95.7 cm³/mol. The Morgan fingerprint density at radius 3 is 2.17 bits per heavy atom. The van der Waals surface area contributed by atoms with E-state index in [4.69, 9.17) is 4.99 Å². The molecule has 0 N–H and O–H groups in total. The van der Waals surface area contributed by atoms with E-state index < -0.39 is 0 Å². The highest BCUT2D eigenvalue weighted by molar-refractivity contribution is 8.14. The lowest BCUT2D eigenvalue weighted by atomic mass is 9.99. The van der Waals surface area contributed by atoms with E-state index in [-0.39, 0.29) is 6.04 Å². The molecular formula is C19H17N3S. The molecule has 3 nitrogen and oxygen atoms in total. The van der Waals surface area contributed by atoms with E-state index in [2.05, 4.69) is 65.8 Å². The molecule has 0 amide bonds. The second-order valence-corrected chi connectivity index (χ2v) is 6.77. The molecule has 4 heteroatoms. The van der Waals surface area contributed by atoms with Gasteiger partial charge in [-0.3, -0.25) is 9.67 Å². The summed E-state index contributed by atoms with van der Waals surface area (Å²) in [5, 5.41) is 5.65. The first-order valence-electron chi connectivity index (χ1n) is 7.64. The van der Waals surface area contributed by atoms with Crippen LogP contribution in [0.3, 0.4) is 0 Å². The molecule has 0 aliphatic carbocycles. The zero-order valence-corrected chi connectivity index (χ0v) is 13.6. The molecule has 0 saturated carbocycles. The number of thioether (sulfide) groups is 1. The molecular weight excluding hydrogens is 302 g/mol. The van der Waals surface area contributed by atoms with Gasteiger partial charge < -0.3 is 0 Å². The third kappa shape index (κ3) is 2.82. The monoisotopic (exact) mass is 319 g/mol. The van der Waals surface area contributed by atoms with Crippen LogP contribution < -0.4 is 0 Å². The molecule has 114 valence electrons. The van der Waals surface area contributed by atoms with Crippen molar-refractivity contribution < 1.29 is 0 Å². The molecule has 0 radical (unpaired) electrons. The largest absolute Gasteiger partial charge is 0.275 e. The maximum atomic E-state index is 5.03. The van der Waals surface area contributed by atoms with Crippen molar-refractivity contribution in [3.8, 4) is 0 Å². The van der Waals surface area contributed by atoms with E-state index >= 15 is 0 Å². The number of benzene rings is 2. The van der Waals surface area contributed by atoms with Crippen molar-refractivity contribution in [1.29, 1.82) is 0 Å². The average Bonchev–Trinajstić information content (AvgIpc) is 3.23. The number of hydrogen-bond acceptors (Lipinski definition) is 3. The summed E-state index contributed by atoms with van der Waals surface area (Å²) < 4.78 is 1.83. The fraction of sp³-hybridized carbons (Fsp3) is 0.158. The summed E-state index contributed by atoms with van der Waals surface area (Å²) in [5.41, 5.74) is 3.67. The van der Waals surface area contributed by atoms with Gasteiger partial charge in [-0.2, -0.15) is 5.10 Å². The van der Waals surface area contributed by atoms with Gasteiger partial charge in [0.2, 0.25) is 0 Å². The van der Waals surface area contributed by atoms with Crippen LogP contribution in [0.1, 0.15) is 28.0 Å². The molecule has 23 heavy (non-hydrogen) atoms. The molecule has 1 aromatic heterocycles. The number of hydrogen-bond donors (Lipinski definition) is 0. The predicted octanol–water partition coefficient (Wildman–Crippen LogP) is 4.40. The Morgan fingerprint density at radius 2 is 1.57 bits per heavy atom. The van der Waals surface area contributed by atoms with Crippen molar-refractivity contribution in [1.82, 2.24) is 9.78 Å². The Labute approximate surface area is 140 Å². The topological polar surface area (TPSA) is 30.2 Å². The molecule has 0 bridgehead atoms. The number of rotatable bonds is 3. The zero-order valence-electron chi connectivity index (χ0n) is 12.8. The van der Waals surface area contributed by atoms with Crippen LogP contribution in [-0.2, 0) is 7.05 Å². The second-order valence-electron chi connectivity index (χ2n) is 5.64. The Morgan fingerprint density at radius 1 is 0.913 bits per heavy atom. The molecule has 1 aliphatic heterocycles. The second kappa shape index (κ2) is 6.05. The quantitative estimate of drug-likeness (QED) is 0.716. The Bertz CT molecular complexity index is 824. The maximum absolute atomic E-state index is 5.03. The molecule has 0 spiro atoms. The molecule has 0 fully saturated rings. The normalized spacial score (nSPS) is 20.5. The van der Waals surface area contributed by atoms with E-state index in [9.17, 15) is 0 Å². The Hall–Kier alpha value is -2.33. The smallest absolute Gasteiger partial charge is 0.102 e. The van der Waals surface area contributed by atoms with Crippen molar-refractivity contribution in [3.05, 3.63) is 89.7 Å². The van der Waals surface area contributed by atoms with Gasteiger partial charge in [-0.15, -0.1) is 0 Å². The van der Waals surface area contributed by atoms with E-state index in [1.165, 1.54) is 11.1 Å². The molecule has 2 atom stereocenters. The summed E-state index contributed by atoms with van der Waals surface area (Å²) >= 11 is 1.83. The van der Waals surface area contributed by atoms with Crippen LogP contribution in [0, 0.1) is 0 Å². The zero-order chi connectivity index (χ0) is 15.6. The summed E-state index contributed by atoms with van der Waals surface area (Å²) in [6, 6.07) is 21.3. The third-order valence-electron chi connectivity index (χ3n) is 4.00. The highest BCUT2D eigenvalue weighted by Gasteiger charge is 2.33. The molecule has 4 rings (SSSR count). The van der Waals surface area contributed by atoms with Crippen molar-refractivity contribution >= 4 is 16.8 Å². The summed E-state index contributed by atoms with van der Waals surface area (Å²) in [6.07, 6.45) is 3.92. The van der Waals surface area contributed by atoms with Crippen LogP contribution in [-0.4, -0.2) is 14.8 Å². The van der Waals surface area contributed by atoms with Crippen LogP contribution in [0.4, 0.5) is 0 Å². The fourth-order valence-electron chi connectivity index (χ4n) is 2.88. The van der Waals surface area contributed by atoms with Crippen LogP contribution >= 0.6 is 11.8 Å². The number of nitrogens with zero attached hydrogens (tertiary/aromatic N) is 3. The van der Waals surface area contributed by atoms with Gasteiger partial charge in [0.1, 0.15) is 5.04 Å². The molecule has 3 aromatic rings. The molecule has 0 saturated heterocycles. The van der Waals surface area contributed by atoms with Gasteiger partial charge in [0.25, 0.3) is 0 Å². The van der Waals surface area contributed by atoms with Gasteiger partial charge in [0.15, 0.2) is 0 Å². The minimum absolute atomic E-state index is 0.138. The van der Waals surface area contributed by atoms with Gasteiger partial charge in [-0.1, -0.05) is 72.4 Å². The SMILES string of the molecule is Cn1cc(C2=NC(c3ccccc3)C(c3ccccc3)S2)cn1. The lowest BCUT2D eigenvalue weighted by Crippen LogP contribution is -2.02. The van der Waals surface area contributed by atoms with Crippen LogP contribution in [0.15, 0.2) is 78.0 Å². The van der Waals surface area contributed by atoms with E-state index in [1.54, 1.807) is 0 Å². The summed E-state index contributed by atoms with van der Waals surface area (Å²) in [5.74, 6) is 0. The number of aryl methyl sites for hydroxylation is 1. The molecule has 2 unspecified atom stereocenters. The minimum Gasteiger partial charge on any atom is -0.275 e.